The Kier molecular flexibility index (Phi) is 11.5. The van der Waals surface area contributed by atoms with Gasteiger partial charge in [-0.15, -0.1) is 0 Å². The number of hydrogen-bond donors (Lipinski definition) is 10. The molecule has 0 bridgehead atoms. The van der Waals surface area contributed by atoms with Gasteiger partial charge in [0.2, 0.25) is 0 Å². The number of aliphatic carboxylic acids is 1. The van der Waals surface area contributed by atoms with Crippen LogP contribution >= 0.6 is 0 Å². The number of carboxylic acid groups (broad SMARTS) is 1. The highest BCUT2D eigenvalue weighted by Crippen LogP contribution is 2.76. The Labute approximate surface area is 335 Å². The highest BCUT2D eigenvalue weighted by Gasteiger charge is 2.70. The van der Waals surface area contributed by atoms with Gasteiger partial charge in [-0.1, -0.05) is 53.2 Å². The van der Waals surface area contributed by atoms with E-state index in [1.165, 1.54) is 5.57 Å². The van der Waals surface area contributed by atoms with Crippen LogP contribution in [0.25, 0.3) is 0 Å². The first-order valence-electron chi connectivity index (χ1n) is 21.1. The molecule has 15 heteroatoms. The van der Waals surface area contributed by atoms with Crippen LogP contribution in [-0.2, 0) is 23.7 Å². The van der Waals surface area contributed by atoms with E-state index in [9.17, 15) is 55.9 Å². The van der Waals surface area contributed by atoms with Gasteiger partial charge in [-0.3, -0.25) is 0 Å². The predicted octanol–water partition coefficient (Wildman–Crippen LogP) is 0.825. The standard InChI is InChI=1S/C42H68O15/c1-37(2)23-9-12-40(5)24(8-7-20-21-15-38(3,18-44)13-14-42(21,19-45)25(46)16-41(20,40)6)39(23,4)11-10-26(37)55-36-31(51)32(30(50)33(57-36)34(52)53)56-35-29(49)28(48)27(47)22(17-43)54-35/h7,21-33,35-36,43-51H,8-19H2,1-6H3,(H,52,53)/t21-,22+,23-,24+,25-,26-,27+,28-,29+,30-,31+,32-,33-,35-,36+,38+,39-,40+,41+,42+/m0/s1. The normalized spacial score (nSPS) is 54.7. The third-order valence-electron chi connectivity index (χ3n) is 17.6. The highest BCUT2D eigenvalue weighted by atomic mass is 16.7. The highest BCUT2D eigenvalue weighted by molar-refractivity contribution is 5.73. The van der Waals surface area contributed by atoms with Crippen LogP contribution in [-0.4, -0.2) is 150 Å². The molecule has 4 saturated carbocycles. The largest absolute Gasteiger partial charge is 0.479 e. The molecule has 0 unspecified atom stereocenters. The molecule has 5 aliphatic carbocycles. The number of carbonyl (C=O) groups is 1. The van der Waals surface area contributed by atoms with Crippen molar-refractivity contribution >= 4 is 5.97 Å². The monoisotopic (exact) mass is 812 g/mol. The van der Waals surface area contributed by atoms with Gasteiger partial charge in [0.05, 0.1) is 25.4 Å². The second-order valence-corrected chi connectivity index (χ2v) is 20.7. The van der Waals surface area contributed by atoms with Gasteiger partial charge in [0.15, 0.2) is 18.7 Å². The van der Waals surface area contributed by atoms with E-state index in [1.807, 2.05) is 0 Å². The SMILES string of the molecule is CC1(C)[C@@H](O[C@@H]2O[C@H](C(=O)O)[C@@H](O)[C@H](O[C@@H]3O[C@H](CO)[C@@H](O)[C@H](O)[C@H]3O)[C@H]2O)CC[C@]2(C)[C@H]3CC=C4[C@@H]5C[C@](C)(CO)CC[C@]5(CO)[C@@H](O)C[C@@]4(C)[C@]3(C)CC[C@@H]12. The van der Waals surface area contributed by atoms with E-state index in [2.05, 4.69) is 47.6 Å². The molecule has 0 spiro atoms. The lowest BCUT2D eigenvalue weighted by atomic mass is 9.33. The lowest BCUT2D eigenvalue weighted by Crippen LogP contribution is -2.68. The van der Waals surface area contributed by atoms with Crippen molar-refractivity contribution in [3.63, 3.8) is 0 Å². The van der Waals surface area contributed by atoms with Crippen molar-refractivity contribution < 1.29 is 74.8 Å². The Morgan fingerprint density at radius 2 is 1.44 bits per heavy atom. The molecule has 57 heavy (non-hydrogen) atoms. The topological polar surface area (TPSA) is 256 Å². The first-order valence-corrected chi connectivity index (χ1v) is 21.1. The molecule has 20 atom stereocenters. The fourth-order valence-corrected chi connectivity index (χ4v) is 13.8. The van der Waals surface area contributed by atoms with Crippen molar-refractivity contribution in [3.05, 3.63) is 11.6 Å². The summed E-state index contributed by atoms with van der Waals surface area (Å²) < 4.78 is 23.5. The minimum Gasteiger partial charge on any atom is -0.479 e. The van der Waals surface area contributed by atoms with E-state index in [4.69, 9.17) is 18.9 Å². The molecule has 2 heterocycles. The first kappa shape index (κ1) is 43.8. The van der Waals surface area contributed by atoms with Crippen LogP contribution in [0.15, 0.2) is 11.6 Å². The van der Waals surface area contributed by atoms with Gasteiger partial charge in [-0.25, -0.2) is 4.79 Å². The molecule has 7 aliphatic rings. The maximum atomic E-state index is 12.3. The van der Waals surface area contributed by atoms with Gasteiger partial charge in [0.1, 0.15) is 42.7 Å². The van der Waals surface area contributed by atoms with Crippen LogP contribution in [0.3, 0.4) is 0 Å². The second-order valence-electron chi connectivity index (χ2n) is 20.7. The summed E-state index contributed by atoms with van der Waals surface area (Å²) in [6.07, 6.45) is -9.47. The Hall–Kier alpha value is -1.31. The number of hydrogen-bond acceptors (Lipinski definition) is 14. The fourth-order valence-electron chi connectivity index (χ4n) is 13.8. The van der Waals surface area contributed by atoms with Crippen LogP contribution in [0, 0.1) is 50.2 Å². The van der Waals surface area contributed by atoms with Gasteiger partial charge in [0.25, 0.3) is 0 Å². The summed E-state index contributed by atoms with van der Waals surface area (Å²) in [7, 11) is 0. The minimum absolute atomic E-state index is 0.0328. The molecule has 326 valence electrons. The van der Waals surface area contributed by atoms with E-state index in [1.54, 1.807) is 0 Å². The van der Waals surface area contributed by atoms with E-state index in [-0.39, 0.29) is 52.6 Å². The molecule has 0 aromatic carbocycles. The Morgan fingerprint density at radius 1 is 0.754 bits per heavy atom. The average Bonchev–Trinajstić information content (AvgIpc) is 3.15. The molecule has 0 aromatic rings. The van der Waals surface area contributed by atoms with Gasteiger partial charge in [0, 0.05) is 12.0 Å². The van der Waals surface area contributed by atoms with Gasteiger partial charge in [-0.2, -0.15) is 0 Å². The Bertz CT molecular complexity index is 1540. The molecule has 7 rings (SSSR count). The lowest BCUT2D eigenvalue weighted by Gasteiger charge is -2.72. The number of carboxylic acids is 1. The summed E-state index contributed by atoms with van der Waals surface area (Å²) >= 11 is 0. The molecule has 2 saturated heterocycles. The quantitative estimate of drug-likeness (QED) is 0.120. The van der Waals surface area contributed by atoms with Crippen LogP contribution in [0.2, 0.25) is 0 Å². The van der Waals surface area contributed by atoms with E-state index < -0.39 is 97.0 Å². The van der Waals surface area contributed by atoms with Crippen molar-refractivity contribution in [1.29, 1.82) is 0 Å². The third kappa shape index (κ3) is 6.43. The zero-order chi connectivity index (χ0) is 41.8. The fraction of sp³-hybridized carbons (Fsp3) is 0.929. The summed E-state index contributed by atoms with van der Waals surface area (Å²) in [4.78, 5) is 12.3. The molecule has 0 amide bonds. The summed E-state index contributed by atoms with van der Waals surface area (Å²) in [5, 5.41) is 107. The number of rotatable bonds is 8. The summed E-state index contributed by atoms with van der Waals surface area (Å²) in [6.45, 7) is 12.7. The molecule has 6 fully saturated rings. The zero-order valence-corrected chi connectivity index (χ0v) is 34.2. The van der Waals surface area contributed by atoms with Crippen LogP contribution < -0.4 is 0 Å². The van der Waals surface area contributed by atoms with Crippen LogP contribution in [0.5, 0.6) is 0 Å². The van der Waals surface area contributed by atoms with Crippen molar-refractivity contribution in [2.45, 2.75) is 173 Å². The molecule has 0 aromatic heterocycles. The van der Waals surface area contributed by atoms with Crippen molar-refractivity contribution in [3.8, 4) is 0 Å². The summed E-state index contributed by atoms with van der Waals surface area (Å²) in [5.74, 6) is -1.18. The molecule has 10 N–H and O–H groups in total. The lowest BCUT2D eigenvalue weighted by molar-refractivity contribution is -0.365. The number of ether oxygens (including phenoxy) is 4. The van der Waals surface area contributed by atoms with Crippen molar-refractivity contribution in [2.24, 2.45) is 50.2 Å². The van der Waals surface area contributed by atoms with E-state index >= 15 is 0 Å². The average molecular weight is 813 g/mol. The van der Waals surface area contributed by atoms with E-state index in [0.717, 1.165) is 38.5 Å². The maximum Gasteiger partial charge on any atom is 0.335 e. The van der Waals surface area contributed by atoms with E-state index in [0.29, 0.717) is 19.3 Å². The second kappa shape index (κ2) is 14.9. The number of allylic oxidation sites excluding steroid dienone is 2. The molecule has 0 radical (unpaired) electrons. The van der Waals surface area contributed by atoms with Gasteiger partial charge < -0.3 is 70.0 Å². The first-order chi connectivity index (χ1) is 26.6. The number of aliphatic hydroxyl groups excluding tert-OH is 9. The molecule has 15 nitrogen and oxygen atoms in total. The zero-order valence-electron chi connectivity index (χ0n) is 34.2. The van der Waals surface area contributed by atoms with Crippen LogP contribution in [0.1, 0.15) is 99.3 Å². The molecule has 2 aliphatic heterocycles. The summed E-state index contributed by atoms with van der Waals surface area (Å²) in [6, 6.07) is 0. The number of fused-ring (bicyclic) bond motifs is 7. The van der Waals surface area contributed by atoms with Crippen molar-refractivity contribution in [2.75, 3.05) is 19.8 Å². The maximum absolute atomic E-state index is 12.3. The van der Waals surface area contributed by atoms with Crippen molar-refractivity contribution in [1.82, 2.24) is 0 Å². The van der Waals surface area contributed by atoms with Gasteiger partial charge in [-0.05, 0) is 103 Å². The summed E-state index contributed by atoms with van der Waals surface area (Å²) in [5.41, 5.74) is -0.750. The molecular formula is C42H68O15. The van der Waals surface area contributed by atoms with Crippen LogP contribution in [0.4, 0.5) is 0 Å². The predicted molar refractivity (Wildman–Crippen MR) is 201 cm³/mol. The van der Waals surface area contributed by atoms with Gasteiger partial charge >= 0.3 is 5.97 Å². The number of aliphatic hydroxyl groups is 9. The smallest absolute Gasteiger partial charge is 0.335 e. The minimum atomic E-state index is -1.94. The Morgan fingerprint density at radius 3 is 2.07 bits per heavy atom. The third-order valence-corrected chi connectivity index (χ3v) is 17.6. The molecular weight excluding hydrogens is 744 g/mol. The Balaban J connectivity index is 1.13.